The number of benzene rings is 1. The lowest BCUT2D eigenvalue weighted by atomic mass is 9.91. The molecule has 2 aromatic rings. The summed E-state index contributed by atoms with van der Waals surface area (Å²) in [6.45, 7) is 5.03. The summed E-state index contributed by atoms with van der Waals surface area (Å²) in [5.41, 5.74) is 1.35. The van der Waals surface area contributed by atoms with Crippen LogP contribution in [-0.2, 0) is 17.8 Å². The molecule has 34 heavy (non-hydrogen) atoms. The van der Waals surface area contributed by atoms with Crippen LogP contribution in [0.15, 0.2) is 29.4 Å². The number of piperidine rings is 1. The largest absolute Gasteiger partial charge is 0.497 e. The van der Waals surface area contributed by atoms with Crippen molar-refractivity contribution >= 4 is 11.8 Å². The number of ether oxygens (including phenoxy) is 2. The fourth-order valence-corrected chi connectivity index (χ4v) is 6.90. The Labute approximate surface area is 208 Å². The third-order valence-corrected chi connectivity index (χ3v) is 9.04. The van der Waals surface area contributed by atoms with Crippen molar-refractivity contribution in [3.05, 3.63) is 35.7 Å². The lowest BCUT2D eigenvalue weighted by molar-refractivity contribution is 0.0931. The Morgan fingerprint density at radius 2 is 1.76 bits per heavy atom. The second kappa shape index (κ2) is 11.9. The Balaban J connectivity index is 1.21. The summed E-state index contributed by atoms with van der Waals surface area (Å²) in [5, 5.41) is 10.6. The van der Waals surface area contributed by atoms with Crippen LogP contribution in [0.25, 0.3) is 0 Å². The number of methoxy groups -OCH3 is 1. The number of aromatic nitrogens is 3. The molecule has 0 bridgehead atoms. The highest BCUT2D eigenvalue weighted by atomic mass is 32.2. The molecular formula is C27H40N4O2S. The van der Waals surface area contributed by atoms with E-state index in [1.165, 1.54) is 55.7 Å². The van der Waals surface area contributed by atoms with Crippen molar-refractivity contribution in [3.8, 4) is 5.75 Å². The van der Waals surface area contributed by atoms with Gasteiger partial charge >= 0.3 is 0 Å². The molecule has 7 heteroatoms. The summed E-state index contributed by atoms with van der Waals surface area (Å²) >= 11 is 1.94. The first-order chi connectivity index (χ1) is 16.8. The van der Waals surface area contributed by atoms with E-state index in [1.54, 1.807) is 7.11 Å². The van der Waals surface area contributed by atoms with E-state index >= 15 is 0 Å². The van der Waals surface area contributed by atoms with Gasteiger partial charge in [0.25, 0.3) is 0 Å². The third-order valence-electron chi connectivity index (χ3n) is 7.85. The lowest BCUT2D eigenvalue weighted by Crippen LogP contribution is -2.33. The van der Waals surface area contributed by atoms with E-state index in [-0.39, 0.29) is 0 Å². The first-order valence-corrected chi connectivity index (χ1v) is 14.3. The molecular weight excluding hydrogens is 444 g/mol. The van der Waals surface area contributed by atoms with E-state index in [4.69, 9.17) is 19.7 Å². The van der Waals surface area contributed by atoms with Gasteiger partial charge in [-0.2, -0.15) is 0 Å². The zero-order valence-corrected chi connectivity index (χ0v) is 21.5. The van der Waals surface area contributed by atoms with Crippen molar-refractivity contribution in [1.82, 2.24) is 19.7 Å². The smallest absolute Gasteiger partial charge is 0.191 e. The van der Waals surface area contributed by atoms with Crippen LogP contribution in [0.3, 0.4) is 0 Å². The Morgan fingerprint density at radius 1 is 0.971 bits per heavy atom. The molecule has 0 unspecified atom stereocenters. The molecule has 0 N–H and O–H groups in total. The molecule has 3 aliphatic rings. The van der Waals surface area contributed by atoms with E-state index in [1.807, 2.05) is 11.8 Å². The van der Waals surface area contributed by atoms with Crippen molar-refractivity contribution in [2.45, 2.75) is 88.1 Å². The van der Waals surface area contributed by atoms with Crippen LogP contribution in [-0.4, -0.2) is 58.3 Å². The second-order valence-corrected chi connectivity index (χ2v) is 11.3. The van der Waals surface area contributed by atoms with Crippen LogP contribution in [0.5, 0.6) is 5.75 Å². The van der Waals surface area contributed by atoms with Gasteiger partial charge in [0, 0.05) is 24.8 Å². The highest BCUT2D eigenvalue weighted by Crippen LogP contribution is 2.34. The summed E-state index contributed by atoms with van der Waals surface area (Å²) in [6.07, 6.45) is 11.9. The number of rotatable bonds is 9. The number of thioether (sulfide) groups is 1. The summed E-state index contributed by atoms with van der Waals surface area (Å²) in [5.74, 6) is 4.64. The summed E-state index contributed by atoms with van der Waals surface area (Å²) in [7, 11) is 1.72. The zero-order valence-electron chi connectivity index (χ0n) is 20.7. The topological polar surface area (TPSA) is 52.4 Å². The number of nitrogens with zero attached hydrogens (tertiary/aromatic N) is 4. The highest BCUT2D eigenvalue weighted by molar-refractivity contribution is 7.99. The van der Waals surface area contributed by atoms with Gasteiger partial charge in [-0.05, 0) is 75.2 Å². The minimum Gasteiger partial charge on any atom is -0.497 e. The summed E-state index contributed by atoms with van der Waals surface area (Å²) in [4.78, 5) is 2.57. The predicted octanol–water partition coefficient (Wildman–Crippen LogP) is 5.52. The van der Waals surface area contributed by atoms with Gasteiger partial charge in [-0.25, -0.2) is 0 Å². The van der Waals surface area contributed by atoms with Crippen LogP contribution in [0.2, 0.25) is 0 Å². The van der Waals surface area contributed by atoms with Gasteiger partial charge in [-0.3, -0.25) is 4.90 Å². The van der Waals surface area contributed by atoms with E-state index in [9.17, 15) is 0 Å². The van der Waals surface area contributed by atoms with Gasteiger partial charge in [0.05, 0.1) is 19.8 Å². The Bertz CT molecular complexity index is 883. The molecule has 1 atom stereocenters. The van der Waals surface area contributed by atoms with E-state index in [0.29, 0.717) is 12.0 Å². The standard InChI is InChI=1S/C27H40N4O2S/c1-32-24-11-9-21(10-12-24)18-30-15-13-23(14-16-30)26-28-29-27(31(26)19-25-8-5-17-33-25)34-20-22-6-3-2-4-7-22/h9-12,22-23,25H,2-8,13-20H2,1H3/t25-/m0/s1. The Hall–Kier alpha value is -1.57. The molecule has 0 spiro atoms. The number of likely N-dealkylation sites (tertiary alicyclic amines) is 1. The zero-order chi connectivity index (χ0) is 23.2. The van der Waals surface area contributed by atoms with Crippen LogP contribution < -0.4 is 4.74 Å². The van der Waals surface area contributed by atoms with Gasteiger partial charge in [0.15, 0.2) is 5.16 Å². The van der Waals surface area contributed by atoms with Gasteiger partial charge < -0.3 is 14.0 Å². The van der Waals surface area contributed by atoms with Gasteiger partial charge in [0.1, 0.15) is 11.6 Å². The molecule has 0 radical (unpaired) electrons. The third kappa shape index (κ3) is 6.16. The average Bonchev–Trinajstić information content (AvgIpc) is 3.55. The number of hydrogen-bond acceptors (Lipinski definition) is 6. The van der Waals surface area contributed by atoms with Crippen molar-refractivity contribution in [3.63, 3.8) is 0 Å². The maximum Gasteiger partial charge on any atom is 0.191 e. The minimum absolute atomic E-state index is 0.318. The Morgan fingerprint density at radius 3 is 2.47 bits per heavy atom. The van der Waals surface area contributed by atoms with Gasteiger partial charge in [-0.1, -0.05) is 43.2 Å². The fraction of sp³-hybridized carbons (Fsp3) is 0.704. The van der Waals surface area contributed by atoms with Crippen molar-refractivity contribution in [1.29, 1.82) is 0 Å². The second-order valence-electron chi connectivity index (χ2n) is 10.3. The monoisotopic (exact) mass is 484 g/mol. The van der Waals surface area contributed by atoms with Crippen LogP contribution in [0, 0.1) is 5.92 Å². The van der Waals surface area contributed by atoms with Gasteiger partial charge in [0.2, 0.25) is 0 Å². The maximum atomic E-state index is 6.02. The van der Waals surface area contributed by atoms with Crippen LogP contribution in [0.4, 0.5) is 0 Å². The SMILES string of the molecule is COc1ccc(CN2CCC(c3nnc(SCC4CCCCC4)n3C[C@@H]3CCCO3)CC2)cc1. The molecule has 2 aliphatic heterocycles. The minimum atomic E-state index is 0.318. The molecule has 186 valence electrons. The average molecular weight is 485 g/mol. The first-order valence-electron chi connectivity index (χ1n) is 13.3. The molecule has 1 aromatic carbocycles. The molecule has 0 amide bonds. The van der Waals surface area contributed by atoms with Gasteiger partial charge in [-0.15, -0.1) is 10.2 Å². The van der Waals surface area contributed by atoms with E-state index in [2.05, 4.69) is 33.7 Å². The van der Waals surface area contributed by atoms with Crippen molar-refractivity contribution in [2.24, 2.45) is 5.92 Å². The van der Waals surface area contributed by atoms with Crippen LogP contribution in [0.1, 0.15) is 75.1 Å². The van der Waals surface area contributed by atoms with Crippen molar-refractivity contribution in [2.75, 3.05) is 32.6 Å². The highest BCUT2D eigenvalue weighted by Gasteiger charge is 2.29. The fourth-order valence-electron chi connectivity index (χ4n) is 5.76. The van der Waals surface area contributed by atoms with E-state index in [0.717, 1.165) is 68.9 Å². The molecule has 1 aliphatic carbocycles. The lowest BCUT2D eigenvalue weighted by Gasteiger charge is -2.32. The Kier molecular flexibility index (Phi) is 8.46. The quantitative estimate of drug-likeness (QED) is 0.437. The first kappa shape index (κ1) is 24.1. The normalized spacial score (nSPS) is 22.9. The molecule has 1 saturated carbocycles. The molecule has 6 nitrogen and oxygen atoms in total. The van der Waals surface area contributed by atoms with Crippen LogP contribution >= 0.6 is 11.8 Å². The summed E-state index contributed by atoms with van der Waals surface area (Å²) in [6, 6.07) is 8.47. The predicted molar refractivity (Wildman–Crippen MR) is 137 cm³/mol. The summed E-state index contributed by atoms with van der Waals surface area (Å²) < 4.78 is 13.7. The molecule has 5 rings (SSSR count). The molecule has 3 heterocycles. The molecule has 3 fully saturated rings. The molecule has 2 saturated heterocycles. The van der Waals surface area contributed by atoms with Crippen molar-refractivity contribution < 1.29 is 9.47 Å². The number of hydrogen-bond donors (Lipinski definition) is 0. The molecule has 1 aromatic heterocycles. The maximum absolute atomic E-state index is 6.02. The van der Waals surface area contributed by atoms with E-state index < -0.39 is 0 Å².